The Hall–Kier alpha value is -0.240. The topological polar surface area (TPSA) is 29.1 Å². The Morgan fingerprint density at radius 1 is 1.27 bits per heavy atom. The molecule has 3 unspecified atom stereocenters. The molecule has 0 aromatic carbocycles. The number of carbonyl (C=O) groups is 1. The highest BCUT2D eigenvalue weighted by Crippen LogP contribution is 2.30. The zero-order valence-electron chi connectivity index (χ0n) is 9.92. The first-order valence-corrected chi connectivity index (χ1v) is 6.40. The zero-order chi connectivity index (χ0) is 11.4. The summed E-state index contributed by atoms with van der Waals surface area (Å²) in [6.45, 7) is 6.20. The number of hydrogen-bond donors (Lipinski definition) is 1. The molecule has 0 saturated heterocycles. The maximum absolute atomic E-state index is 11.5. The zero-order valence-corrected chi connectivity index (χ0v) is 10.7. The van der Waals surface area contributed by atoms with Gasteiger partial charge in [0.1, 0.15) is 5.38 Å². The van der Waals surface area contributed by atoms with Gasteiger partial charge in [-0.25, -0.2) is 0 Å². The maximum atomic E-state index is 11.5. The van der Waals surface area contributed by atoms with Crippen molar-refractivity contribution >= 4 is 17.5 Å². The van der Waals surface area contributed by atoms with Crippen molar-refractivity contribution in [2.45, 2.75) is 57.9 Å². The molecule has 2 nitrogen and oxygen atoms in total. The van der Waals surface area contributed by atoms with Crippen LogP contribution in [-0.2, 0) is 4.79 Å². The Balaban J connectivity index is 2.53. The molecule has 0 aromatic heterocycles. The van der Waals surface area contributed by atoms with Gasteiger partial charge in [-0.15, -0.1) is 11.6 Å². The average molecular weight is 232 g/mol. The first kappa shape index (κ1) is 12.8. The SMILES string of the molecule is CC(Cl)C(=O)NC1CCCCC1C(C)C. The highest BCUT2D eigenvalue weighted by atomic mass is 35.5. The molecule has 3 atom stereocenters. The van der Waals surface area contributed by atoms with Crippen molar-refractivity contribution < 1.29 is 4.79 Å². The molecule has 0 spiro atoms. The van der Waals surface area contributed by atoms with E-state index in [1.807, 2.05) is 0 Å². The first-order chi connectivity index (χ1) is 7.02. The molecule has 1 amide bonds. The Labute approximate surface area is 97.8 Å². The van der Waals surface area contributed by atoms with E-state index in [-0.39, 0.29) is 5.91 Å². The van der Waals surface area contributed by atoms with E-state index < -0.39 is 5.38 Å². The Kier molecular flexibility index (Phi) is 4.91. The van der Waals surface area contributed by atoms with E-state index in [1.54, 1.807) is 6.92 Å². The molecule has 1 aliphatic carbocycles. The summed E-state index contributed by atoms with van der Waals surface area (Å²) >= 11 is 5.76. The molecule has 0 aliphatic heterocycles. The van der Waals surface area contributed by atoms with Gasteiger partial charge in [-0.05, 0) is 31.6 Å². The molecule has 0 radical (unpaired) electrons. The lowest BCUT2D eigenvalue weighted by Gasteiger charge is -2.35. The van der Waals surface area contributed by atoms with Crippen molar-refractivity contribution in [3.63, 3.8) is 0 Å². The number of alkyl halides is 1. The fourth-order valence-electron chi connectivity index (χ4n) is 2.43. The van der Waals surface area contributed by atoms with Gasteiger partial charge in [0.25, 0.3) is 0 Å². The molecule has 1 fully saturated rings. The molecule has 1 rings (SSSR count). The van der Waals surface area contributed by atoms with Gasteiger partial charge in [-0.2, -0.15) is 0 Å². The summed E-state index contributed by atoms with van der Waals surface area (Å²) in [5, 5.41) is 2.66. The van der Waals surface area contributed by atoms with E-state index in [9.17, 15) is 4.79 Å². The molecular weight excluding hydrogens is 210 g/mol. The summed E-state index contributed by atoms with van der Waals surface area (Å²) in [6.07, 6.45) is 4.87. The third-order valence-electron chi connectivity index (χ3n) is 3.36. The number of carbonyl (C=O) groups excluding carboxylic acids is 1. The number of rotatable bonds is 3. The third kappa shape index (κ3) is 3.67. The molecule has 1 saturated carbocycles. The minimum atomic E-state index is -0.417. The third-order valence-corrected chi connectivity index (χ3v) is 3.56. The minimum absolute atomic E-state index is 0.0192. The van der Waals surface area contributed by atoms with Crippen LogP contribution in [0.3, 0.4) is 0 Å². The van der Waals surface area contributed by atoms with Gasteiger partial charge < -0.3 is 5.32 Å². The fraction of sp³-hybridized carbons (Fsp3) is 0.917. The van der Waals surface area contributed by atoms with Gasteiger partial charge in [0.05, 0.1) is 0 Å². The van der Waals surface area contributed by atoms with E-state index in [1.165, 1.54) is 19.3 Å². The van der Waals surface area contributed by atoms with Crippen LogP contribution >= 0.6 is 11.6 Å². The van der Waals surface area contributed by atoms with Gasteiger partial charge in [-0.1, -0.05) is 26.7 Å². The largest absolute Gasteiger partial charge is 0.352 e. The Morgan fingerprint density at radius 3 is 2.40 bits per heavy atom. The number of amides is 1. The van der Waals surface area contributed by atoms with Crippen LogP contribution in [-0.4, -0.2) is 17.3 Å². The summed E-state index contributed by atoms with van der Waals surface area (Å²) in [4.78, 5) is 11.5. The van der Waals surface area contributed by atoms with E-state index >= 15 is 0 Å². The predicted molar refractivity (Wildman–Crippen MR) is 64.0 cm³/mol. The van der Waals surface area contributed by atoms with Gasteiger partial charge in [0.15, 0.2) is 0 Å². The van der Waals surface area contributed by atoms with Crippen molar-refractivity contribution in [3.05, 3.63) is 0 Å². The highest BCUT2D eigenvalue weighted by molar-refractivity contribution is 6.30. The van der Waals surface area contributed by atoms with Crippen molar-refractivity contribution in [3.8, 4) is 0 Å². The number of halogens is 1. The first-order valence-electron chi connectivity index (χ1n) is 5.96. The molecule has 0 heterocycles. The van der Waals surface area contributed by atoms with Crippen LogP contribution in [0.5, 0.6) is 0 Å². The Bertz CT molecular complexity index is 216. The van der Waals surface area contributed by atoms with Gasteiger partial charge in [0, 0.05) is 6.04 Å². The van der Waals surface area contributed by atoms with Crippen molar-refractivity contribution in [1.29, 1.82) is 0 Å². The minimum Gasteiger partial charge on any atom is -0.352 e. The second-order valence-corrected chi connectivity index (χ2v) is 5.58. The van der Waals surface area contributed by atoms with Crippen molar-refractivity contribution in [1.82, 2.24) is 5.32 Å². The quantitative estimate of drug-likeness (QED) is 0.744. The average Bonchev–Trinajstić information content (AvgIpc) is 2.18. The van der Waals surface area contributed by atoms with E-state index in [4.69, 9.17) is 11.6 Å². The smallest absolute Gasteiger partial charge is 0.237 e. The van der Waals surface area contributed by atoms with Gasteiger partial charge in [0.2, 0.25) is 5.91 Å². The van der Waals surface area contributed by atoms with Crippen LogP contribution in [0.4, 0.5) is 0 Å². The lowest BCUT2D eigenvalue weighted by atomic mass is 9.78. The van der Waals surface area contributed by atoms with Crippen molar-refractivity contribution in [2.75, 3.05) is 0 Å². The van der Waals surface area contributed by atoms with E-state index in [0.29, 0.717) is 17.9 Å². The molecule has 1 aliphatic rings. The van der Waals surface area contributed by atoms with Gasteiger partial charge >= 0.3 is 0 Å². The molecular formula is C12H22ClNO. The lowest BCUT2D eigenvalue weighted by Crippen LogP contribution is -2.46. The molecule has 3 heteroatoms. The number of nitrogens with one attached hydrogen (secondary N) is 1. The molecule has 88 valence electrons. The van der Waals surface area contributed by atoms with Crippen LogP contribution in [0, 0.1) is 11.8 Å². The van der Waals surface area contributed by atoms with E-state index in [0.717, 1.165) is 6.42 Å². The molecule has 0 aromatic rings. The van der Waals surface area contributed by atoms with Crippen molar-refractivity contribution in [2.24, 2.45) is 11.8 Å². The summed E-state index contributed by atoms with van der Waals surface area (Å²) in [5.41, 5.74) is 0. The standard InChI is InChI=1S/C12H22ClNO/c1-8(2)10-6-4-5-7-11(10)14-12(15)9(3)13/h8-11H,4-7H2,1-3H3,(H,14,15). The van der Waals surface area contributed by atoms with Gasteiger partial charge in [-0.3, -0.25) is 4.79 Å². The van der Waals surface area contributed by atoms with Crippen LogP contribution in [0.2, 0.25) is 0 Å². The Morgan fingerprint density at radius 2 is 1.87 bits per heavy atom. The van der Waals surface area contributed by atoms with Crippen LogP contribution < -0.4 is 5.32 Å². The monoisotopic (exact) mass is 231 g/mol. The second kappa shape index (κ2) is 5.74. The lowest BCUT2D eigenvalue weighted by molar-refractivity contribution is -0.121. The molecule has 15 heavy (non-hydrogen) atoms. The summed E-state index contributed by atoms with van der Waals surface area (Å²) in [7, 11) is 0. The van der Waals surface area contributed by atoms with Crippen LogP contribution in [0.1, 0.15) is 46.5 Å². The summed E-state index contributed by atoms with van der Waals surface area (Å²) in [5.74, 6) is 1.24. The van der Waals surface area contributed by atoms with Crippen LogP contribution in [0.25, 0.3) is 0 Å². The molecule has 1 N–H and O–H groups in total. The number of hydrogen-bond acceptors (Lipinski definition) is 1. The fourth-order valence-corrected chi connectivity index (χ4v) is 2.50. The summed E-state index contributed by atoms with van der Waals surface area (Å²) < 4.78 is 0. The van der Waals surface area contributed by atoms with Crippen LogP contribution in [0.15, 0.2) is 0 Å². The maximum Gasteiger partial charge on any atom is 0.237 e. The summed E-state index contributed by atoms with van der Waals surface area (Å²) in [6, 6.07) is 0.340. The molecule has 0 bridgehead atoms. The van der Waals surface area contributed by atoms with E-state index in [2.05, 4.69) is 19.2 Å². The normalized spacial score (nSPS) is 28.9. The highest BCUT2D eigenvalue weighted by Gasteiger charge is 2.29. The second-order valence-electron chi connectivity index (χ2n) is 4.92. The predicted octanol–water partition coefficient (Wildman–Crippen LogP) is 2.94.